The molecule has 1 saturated heterocycles. The Balaban J connectivity index is 1.85. The van der Waals surface area contributed by atoms with Crippen LogP contribution in [0, 0.1) is 5.92 Å². The Hall–Kier alpha value is -1.35. The highest BCUT2D eigenvalue weighted by Crippen LogP contribution is 2.22. The predicted molar refractivity (Wildman–Crippen MR) is 63.3 cm³/mol. The van der Waals surface area contributed by atoms with Crippen molar-refractivity contribution in [2.45, 2.75) is 19.3 Å². The molecule has 1 aromatic carbocycles. The molecule has 3 rings (SSSR count). The van der Waals surface area contributed by atoms with Crippen LogP contribution in [0.15, 0.2) is 29.0 Å². The molecule has 84 valence electrons. The lowest BCUT2D eigenvalue weighted by atomic mass is 9.92. The Labute approximate surface area is 94.9 Å². The quantitative estimate of drug-likeness (QED) is 0.837. The average Bonchev–Trinajstić information content (AvgIpc) is 2.80. The molecule has 1 atom stereocenters. The SMILES string of the molecule is c1cc(CC2CCCNC2)c2ncoc2c1. The third kappa shape index (κ3) is 1.83. The number of hydrogen-bond acceptors (Lipinski definition) is 3. The van der Waals surface area contributed by atoms with Crippen LogP contribution in [0.2, 0.25) is 0 Å². The van der Waals surface area contributed by atoms with Gasteiger partial charge in [0.25, 0.3) is 0 Å². The molecule has 1 aromatic heterocycles. The van der Waals surface area contributed by atoms with Gasteiger partial charge in [-0.1, -0.05) is 12.1 Å². The van der Waals surface area contributed by atoms with Gasteiger partial charge in [0, 0.05) is 0 Å². The zero-order valence-corrected chi connectivity index (χ0v) is 9.28. The van der Waals surface area contributed by atoms with E-state index in [1.165, 1.54) is 31.3 Å². The summed E-state index contributed by atoms with van der Waals surface area (Å²) in [7, 11) is 0. The third-order valence-electron chi connectivity index (χ3n) is 3.35. The van der Waals surface area contributed by atoms with E-state index in [1.54, 1.807) is 0 Å². The summed E-state index contributed by atoms with van der Waals surface area (Å²) in [6, 6.07) is 6.20. The summed E-state index contributed by atoms with van der Waals surface area (Å²) >= 11 is 0. The van der Waals surface area contributed by atoms with Gasteiger partial charge in [-0.15, -0.1) is 0 Å². The number of piperidine rings is 1. The number of hydrogen-bond donors (Lipinski definition) is 1. The zero-order valence-electron chi connectivity index (χ0n) is 9.28. The fraction of sp³-hybridized carbons (Fsp3) is 0.462. The second-order valence-corrected chi connectivity index (χ2v) is 4.53. The van der Waals surface area contributed by atoms with E-state index >= 15 is 0 Å². The van der Waals surface area contributed by atoms with Gasteiger partial charge in [-0.25, -0.2) is 4.98 Å². The van der Waals surface area contributed by atoms with Gasteiger partial charge in [-0.2, -0.15) is 0 Å². The topological polar surface area (TPSA) is 38.1 Å². The van der Waals surface area contributed by atoms with E-state index in [2.05, 4.69) is 22.4 Å². The van der Waals surface area contributed by atoms with E-state index in [0.29, 0.717) is 0 Å². The Kier molecular flexibility index (Phi) is 2.62. The van der Waals surface area contributed by atoms with Crippen LogP contribution in [-0.4, -0.2) is 18.1 Å². The first-order valence-corrected chi connectivity index (χ1v) is 5.95. The van der Waals surface area contributed by atoms with Crippen molar-refractivity contribution in [1.29, 1.82) is 0 Å². The van der Waals surface area contributed by atoms with Crippen LogP contribution in [0.1, 0.15) is 18.4 Å². The molecule has 16 heavy (non-hydrogen) atoms. The minimum atomic E-state index is 0.746. The standard InChI is InChI=1S/C13H16N2O/c1-4-11(7-10-3-2-6-14-8-10)13-12(5-1)16-9-15-13/h1,4-5,9-10,14H,2-3,6-8H2. The van der Waals surface area contributed by atoms with E-state index in [0.717, 1.165) is 30.0 Å². The van der Waals surface area contributed by atoms with Crippen LogP contribution in [0.25, 0.3) is 11.1 Å². The molecular formula is C13H16N2O. The number of benzene rings is 1. The van der Waals surface area contributed by atoms with Crippen LogP contribution in [-0.2, 0) is 6.42 Å². The van der Waals surface area contributed by atoms with Crippen molar-refractivity contribution in [1.82, 2.24) is 10.3 Å². The lowest BCUT2D eigenvalue weighted by Gasteiger charge is -2.22. The average molecular weight is 216 g/mol. The van der Waals surface area contributed by atoms with Gasteiger partial charge in [0.1, 0.15) is 5.52 Å². The van der Waals surface area contributed by atoms with Crippen LogP contribution in [0.5, 0.6) is 0 Å². The van der Waals surface area contributed by atoms with Crippen molar-refractivity contribution >= 4 is 11.1 Å². The van der Waals surface area contributed by atoms with E-state index < -0.39 is 0 Å². The first-order chi connectivity index (χ1) is 7.93. The van der Waals surface area contributed by atoms with Gasteiger partial charge < -0.3 is 9.73 Å². The summed E-state index contributed by atoms with van der Waals surface area (Å²) in [6.07, 6.45) is 5.25. The summed E-state index contributed by atoms with van der Waals surface area (Å²) in [6.45, 7) is 2.30. The highest BCUT2D eigenvalue weighted by molar-refractivity contribution is 5.76. The van der Waals surface area contributed by atoms with E-state index in [4.69, 9.17) is 4.42 Å². The van der Waals surface area contributed by atoms with Gasteiger partial charge in [-0.3, -0.25) is 0 Å². The van der Waals surface area contributed by atoms with Crippen molar-refractivity contribution in [2.75, 3.05) is 13.1 Å². The van der Waals surface area contributed by atoms with Crippen LogP contribution < -0.4 is 5.32 Å². The Morgan fingerprint density at radius 1 is 1.44 bits per heavy atom. The van der Waals surface area contributed by atoms with Crippen LogP contribution >= 0.6 is 0 Å². The first kappa shape index (κ1) is 9.85. The minimum Gasteiger partial charge on any atom is -0.443 e. The number of nitrogens with zero attached hydrogens (tertiary/aromatic N) is 1. The minimum absolute atomic E-state index is 0.746. The normalized spacial score (nSPS) is 21.4. The first-order valence-electron chi connectivity index (χ1n) is 5.95. The molecule has 2 heterocycles. The Bertz CT molecular complexity index is 471. The molecular weight excluding hydrogens is 200 g/mol. The maximum atomic E-state index is 5.32. The van der Waals surface area contributed by atoms with Gasteiger partial charge in [0.2, 0.25) is 0 Å². The number of aromatic nitrogens is 1. The van der Waals surface area contributed by atoms with Crippen molar-refractivity contribution in [2.24, 2.45) is 5.92 Å². The Morgan fingerprint density at radius 3 is 3.31 bits per heavy atom. The number of para-hydroxylation sites is 1. The maximum absolute atomic E-state index is 5.32. The lowest BCUT2D eigenvalue weighted by Crippen LogP contribution is -2.30. The number of nitrogens with one attached hydrogen (secondary N) is 1. The number of fused-ring (bicyclic) bond motifs is 1. The van der Waals surface area contributed by atoms with Gasteiger partial charge in [0.15, 0.2) is 12.0 Å². The smallest absolute Gasteiger partial charge is 0.181 e. The molecule has 1 aliphatic rings. The van der Waals surface area contributed by atoms with Crippen molar-refractivity contribution in [3.8, 4) is 0 Å². The Morgan fingerprint density at radius 2 is 2.44 bits per heavy atom. The highest BCUT2D eigenvalue weighted by atomic mass is 16.3. The molecule has 0 radical (unpaired) electrons. The molecule has 0 saturated carbocycles. The molecule has 3 heteroatoms. The van der Waals surface area contributed by atoms with Crippen LogP contribution in [0.3, 0.4) is 0 Å². The number of rotatable bonds is 2. The van der Waals surface area contributed by atoms with Crippen molar-refractivity contribution in [3.05, 3.63) is 30.2 Å². The zero-order chi connectivity index (χ0) is 10.8. The predicted octanol–water partition coefficient (Wildman–Crippen LogP) is 2.37. The molecule has 1 aliphatic heterocycles. The van der Waals surface area contributed by atoms with Gasteiger partial charge in [0.05, 0.1) is 0 Å². The monoisotopic (exact) mass is 216 g/mol. The summed E-state index contributed by atoms with van der Waals surface area (Å²) < 4.78 is 5.32. The fourth-order valence-corrected chi connectivity index (χ4v) is 2.52. The third-order valence-corrected chi connectivity index (χ3v) is 3.35. The van der Waals surface area contributed by atoms with E-state index in [1.807, 2.05) is 6.07 Å². The second kappa shape index (κ2) is 4.26. The molecule has 3 nitrogen and oxygen atoms in total. The molecule has 1 N–H and O–H groups in total. The lowest BCUT2D eigenvalue weighted by molar-refractivity contribution is 0.376. The fourth-order valence-electron chi connectivity index (χ4n) is 2.52. The highest BCUT2D eigenvalue weighted by Gasteiger charge is 2.15. The summed E-state index contributed by atoms with van der Waals surface area (Å²) in [4.78, 5) is 4.30. The molecule has 0 amide bonds. The molecule has 0 spiro atoms. The molecule has 1 unspecified atom stereocenters. The van der Waals surface area contributed by atoms with Crippen molar-refractivity contribution in [3.63, 3.8) is 0 Å². The molecule has 1 fully saturated rings. The van der Waals surface area contributed by atoms with E-state index in [9.17, 15) is 0 Å². The molecule has 2 aromatic rings. The molecule has 0 aliphatic carbocycles. The van der Waals surface area contributed by atoms with E-state index in [-0.39, 0.29) is 0 Å². The summed E-state index contributed by atoms with van der Waals surface area (Å²) in [5.41, 5.74) is 3.26. The second-order valence-electron chi connectivity index (χ2n) is 4.53. The van der Waals surface area contributed by atoms with Crippen molar-refractivity contribution < 1.29 is 4.42 Å². The number of oxazole rings is 1. The summed E-state index contributed by atoms with van der Waals surface area (Å²) in [5, 5.41) is 3.45. The van der Waals surface area contributed by atoms with Gasteiger partial charge in [-0.05, 0) is 49.9 Å². The largest absolute Gasteiger partial charge is 0.443 e. The maximum Gasteiger partial charge on any atom is 0.181 e. The summed E-state index contributed by atoms with van der Waals surface area (Å²) in [5.74, 6) is 0.746. The molecule has 0 bridgehead atoms. The van der Waals surface area contributed by atoms with Crippen LogP contribution in [0.4, 0.5) is 0 Å². The van der Waals surface area contributed by atoms with Gasteiger partial charge >= 0.3 is 0 Å².